The molecule has 3 nitrogen and oxygen atoms in total. The molecule has 102 valence electrons. The predicted molar refractivity (Wildman–Crippen MR) is 69.8 cm³/mol. The fraction of sp³-hybridized carbons (Fsp3) is 0.357. The molecule has 0 aliphatic carbocycles. The number of halogens is 2. The molecule has 0 aliphatic rings. The highest BCUT2D eigenvalue weighted by molar-refractivity contribution is 5.33. The van der Waals surface area contributed by atoms with Crippen LogP contribution >= 0.6 is 0 Å². The Labute approximate surface area is 111 Å². The minimum atomic E-state index is -0.556. The molecule has 5 heteroatoms. The number of aromatic nitrogens is 2. The second-order valence-corrected chi connectivity index (χ2v) is 4.53. The van der Waals surface area contributed by atoms with E-state index in [-0.39, 0.29) is 6.04 Å². The highest BCUT2D eigenvalue weighted by Crippen LogP contribution is 2.25. The van der Waals surface area contributed by atoms with Crippen molar-refractivity contribution in [3.05, 3.63) is 52.9 Å². The highest BCUT2D eigenvalue weighted by Gasteiger charge is 2.20. The van der Waals surface area contributed by atoms with Crippen molar-refractivity contribution < 1.29 is 8.78 Å². The van der Waals surface area contributed by atoms with Crippen LogP contribution in [0.1, 0.15) is 29.8 Å². The first-order valence-electron chi connectivity index (χ1n) is 6.21. The van der Waals surface area contributed by atoms with Crippen LogP contribution in [-0.2, 0) is 7.05 Å². The first kappa shape index (κ1) is 13.7. The Morgan fingerprint density at radius 1 is 1.32 bits per heavy atom. The summed E-state index contributed by atoms with van der Waals surface area (Å²) in [5.74, 6) is -1.09. The van der Waals surface area contributed by atoms with Crippen molar-refractivity contribution in [1.29, 1.82) is 0 Å². The van der Waals surface area contributed by atoms with Gasteiger partial charge in [0.15, 0.2) is 0 Å². The van der Waals surface area contributed by atoms with E-state index >= 15 is 0 Å². The maximum absolute atomic E-state index is 14.0. The Hall–Kier alpha value is -1.75. The largest absolute Gasteiger partial charge is 0.305 e. The van der Waals surface area contributed by atoms with Gasteiger partial charge in [0.25, 0.3) is 0 Å². The summed E-state index contributed by atoms with van der Waals surface area (Å²) < 4.78 is 29.0. The Morgan fingerprint density at radius 3 is 2.63 bits per heavy atom. The molecule has 0 amide bonds. The van der Waals surface area contributed by atoms with E-state index in [4.69, 9.17) is 0 Å². The molecule has 0 saturated carbocycles. The van der Waals surface area contributed by atoms with E-state index in [1.807, 2.05) is 13.0 Å². The maximum Gasteiger partial charge on any atom is 0.131 e. The predicted octanol–water partition coefficient (Wildman–Crippen LogP) is 2.71. The van der Waals surface area contributed by atoms with Gasteiger partial charge in [0, 0.05) is 24.9 Å². The standard InChI is InChI=1S/C14H17F2N3/c1-4-17-14(13-5-6-19(3)18-13)10-7-9(2)11(15)8-12(10)16/h5-8,14,17H,4H2,1-3H3. The lowest BCUT2D eigenvalue weighted by atomic mass is 10.0. The quantitative estimate of drug-likeness (QED) is 0.921. The zero-order chi connectivity index (χ0) is 14.0. The Balaban J connectivity index is 2.47. The van der Waals surface area contributed by atoms with Gasteiger partial charge in [-0.15, -0.1) is 0 Å². The van der Waals surface area contributed by atoms with Crippen molar-refractivity contribution >= 4 is 0 Å². The average molecular weight is 265 g/mol. The monoisotopic (exact) mass is 265 g/mol. The summed E-state index contributed by atoms with van der Waals surface area (Å²) in [4.78, 5) is 0. The van der Waals surface area contributed by atoms with Gasteiger partial charge in [-0.05, 0) is 31.2 Å². The van der Waals surface area contributed by atoms with Gasteiger partial charge in [-0.1, -0.05) is 6.92 Å². The van der Waals surface area contributed by atoms with Gasteiger partial charge < -0.3 is 5.32 Å². The summed E-state index contributed by atoms with van der Waals surface area (Å²) in [5, 5.41) is 7.47. The summed E-state index contributed by atoms with van der Waals surface area (Å²) >= 11 is 0. The summed E-state index contributed by atoms with van der Waals surface area (Å²) in [6.45, 7) is 4.22. The normalized spacial score (nSPS) is 12.7. The number of hydrogen-bond donors (Lipinski definition) is 1. The Morgan fingerprint density at radius 2 is 2.05 bits per heavy atom. The lowest BCUT2D eigenvalue weighted by Gasteiger charge is -2.17. The minimum Gasteiger partial charge on any atom is -0.305 e. The van der Waals surface area contributed by atoms with Gasteiger partial charge >= 0.3 is 0 Å². The number of aryl methyl sites for hydroxylation is 2. The zero-order valence-electron chi connectivity index (χ0n) is 11.2. The molecule has 2 rings (SSSR count). The molecule has 1 N–H and O–H groups in total. The third kappa shape index (κ3) is 2.81. The lowest BCUT2D eigenvalue weighted by molar-refractivity contribution is 0.529. The van der Waals surface area contributed by atoms with Gasteiger partial charge in [-0.3, -0.25) is 4.68 Å². The third-order valence-electron chi connectivity index (χ3n) is 3.03. The molecule has 1 heterocycles. The highest BCUT2D eigenvalue weighted by atomic mass is 19.1. The lowest BCUT2D eigenvalue weighted by Crippen LogP contribution is -2.24. The molecular formula is C14H17F2N3. The van der Waals surface area contributed by atoms with E-state index in [1.54, 1.807) is 24.9 Å². The summed E-state index contributed by atoms with van der Waals surface area (Å²) in [6, 6.07) is 3.92. The fourth-order valence-electron chi connectivity index (χ4n) is 2.07. The van der Waals surface area contributed by atoms with Crippen LogP contribution in [0.4, 0.5) is 8.78 Å². The van der Waals surface area contributed by atoms with Crippen molar-refractivity contribution in [3.63, 3.8) is 0 Å². The Kier molecular flexibility index (Phi) is 3.95. The minimum absolute atomic E-state index is 0.370. The van der Waals surface area contributed by atoms with Gasteiger partial charge in [0.05, 0.1) is 11.7 Å². The molecule has 0 spiro atoms. The number of hydrogen-bond acceptors (Lipinski definition) is 2. The maximum atomic E-state index is 14.0. The van der Waals surface area contributed by atoms with E-state index in [1.165, 1.54) is 6.07 Å². The molecule has 2 aromatic rings. The molecular weight excluding hydrogens is 248 g/mol. The van der Waals surface area contributed by atoms with Gasteiger partial charge in [-0.2, -0.15) is 5.10 Å². The molecule has 0 aliphatic heterocycles. The van der Waals surface area contributed by atoms with E-state index in [2.05, 4.69) is 10.4 Å². The number of rotatable bonds is 4. The molecule has 0 fully saturated rings. The molecule has 1 unspecified atom stereocenters. The first-order chi connectivity index (χ1) is 9.02. The van der Waals surface area contributed by atoms with Crippen molar-refractivity contribution in [2.24, 2.45) is 7.05 Å². The fourth-order valence-corrected chi connectivity index (χ4v) is 2.07. The van der Waals surface area contributed by atoms with E-state index in [0.29, 0.717) is 23.4 Å². The summed E-state index contributed by atoms with van der Waals surface area (Å²) in [7, 11) is 1.80. The van der Waals surface area contributed by atoms with Crippen LogP contribution in [0.2, 0.25) is 0 Å². The second-order valence-electron chi connectivity index (χ2n) is 4.53. The molecule has 0 saturated heterocycles. The van der Waals surface area contributed by atoms with Crippen molar-refractivity contribution in [3.8, 4) is 0 Å². The van der Waals surface area contributed by atoms with Crippen molar-refractivity contribution in [2.45, 2.75) is 19.9 Å². The van der Waals surface area contributed by atoms with Crippen molar-refractivity contribution in [1.82, 2.24) is 15.1 Å². The zero-order valence-corrected chi connectivity index (χ0v) is 11.2. The third-order valence-corrected chi connectivity index (χ3v) is 3.03. The average Bonchev–Trinajstić information content (AvgIpc) is 2.78. The second kappa shape index (κ2) is 5.48. The number of benzene rings is 1. The van der Waals surface area contributed by atoms with Crippen LogP contribution in [-0.4, -0.2) is 16.3 Å². The molecule has 0 bridgehead atoms. The van der Waals surface area contributed by atoms with E-state index < -0.39 is 11.6 Å². The van der Waals surface area contributed by atoms with Gasteiger partial charge in [0.1, 0.15) is 11.6 Å². The SMILES string of the molecule is CCNC(c1ccn(C)n1)c1cc(C)c(F)cc1F. The topological polar surface area (TPSA) is 29.9 Å². The first-order valence-corrected chi connectivity index (χ1v) is 6.21. The van der Waals surface area contributed by atoms with Gasteiger partial charge in [-0.25, -0.2) is 8.78 Å². The van der Waals surface area contributed by atoms with Crippen LogP contribution in [0.25, 0.3) is 0 Å². The van der Waals surface area contributed by atoms with Crippen LogP contribution in [0.3, 0.4) is 0 Å². The van der Waals surface area contributed by atoms with Crippen LogP contribution in [0.5, 0.6) is 0 Å². The molecule has 0 radical (unpaired) electrons. The van der Waals surface area contributed by atoms with Crippen LogP contribution in [0.15, 0.2) is 24.4 Å². The number of nitrogens with one attached hydrogen (secondary N) is 1. The van der Waals surface area contributed by atoms with Crippen LogP contribution in [0, 0.1) is 18.6 Å². The van der Waals surface area contributed by atoms with E-state index in [9.17, 15) is 8.78 Å². The van der Waals surface area contributed by atoms with Crippen molar-refractivity contribution in [2.75, 3.05) is 6.54 Å². The van der Waals surface area contributed by atoms with E-state index in [0.717, 1.165) is 6.07 Å². The number of nitrogens with zero attached hydrogens (tertiary/aromatic N) is 2. The summed E-state index contributed by atoms with van der Waals surface area (Å²) in [6.07, 6.45) is 1.80. The molecule has 1 aromatic carbocycles. The molecule has 1 atom stereocenters. The Bertz CT molecular complexity index is 578. The van der Waals surface area contributed by atoms with Gasteiger partial charge in [0.2, 0.25) is 0 Å². The van der Waals surface area contributed by atoms with Crippen LogP contribution < -0.4 is 5.32 Å². The molecule has 1 aromatic heterocycles. The smallest absolute Gasteiger partial charge is 0.131 e. The molecule has 19 heavy (non-hydrogen) atoms. The summed E-state index contributed by atoms with van der Waals surface area (Å²) in [5.41, 5.74) is 1.56.